The van der Waals surface area contributed by atoms with Crippen molar-refractivity contribution in [2.24, 2.45) is 17.8 Å². The Morgan fingerprint density at radius 1 is 1.15 bits per heavy atom. The maximum Gasteiger partial charge on any atom is 0.123 e. The smallest absolute Gasteiger partial charge is 0.123 e. The van der Waals surface area contributed by atoms with Gasteiger partial charge in [0.15, 0.2) is 0 Å². The standard InChI is InChI=1S/C18H28FN/c1-13(2)20-12-16-7-4-14(3)10-17(16)11-15-5-8-18(19)9-6-15/h5-6,8-9,13-14,16-17,20H,4,7,10-12H2,1-3H3. The zero-order valence-corrected chi connectivity index (χ0v) is 13.0. The average Bonchev–Trinajstić information content (AvgIpc) is 2.40. The molecule has 0 spiro atoms. The first kappa shape index (κ1) is 15.5. The van der Waals surface area contributed by atoms with Gasteiger partial charge >= 0.3 is 0 Å². The molecule has 0 aromatic heterocycles. The summed E-state index contributed by atoms with van der Waals surface area (Å²) in [5, 5.41) is 3.59. The number of rotatable bonds is 5. The van der Waals surface area contributed by atoms with E-state index in [2.05, 4.69) is 26.1 Å². The molecule has 0 heterocycles. The van der Waals surface area contributed by atoms with Crippen LogP contribution in [0.3, 0.4) is 0 Å². The van der Waals surface area contributed by atoms with E-state index in [4.69, 9.17) is 0 Å². The van der Waals surface area contributed by atoms with Crippen molar-refractivity contribution in [1.82, 2.24) is 5.32 Å². The number of benzene rings is 1. The molecule has 0 bridgehead atoms. The molecule has 1 N–H and O–H groups in total. The van der Waals surface area contributed by atoms with Gasteiger partial charge in [-0.1, -0.05) is 39.3 Å². The van der Waals surface area contributed by atoms with Crippen LogP contribution < -0.4 is 5.32 Å². The van der Waals surface area contributed by atoms with Crippen molar-refractivity contribution < 1.29 is 4.39 Å². The number of hydrogen-bond acceptors (Lipinski definition) is 1. The summed E-state index contributed by atoms with van der Waals surface area (Å²) < 4.78 is 13.0. The molecule has 2 rings (SSSR count). The van der Waals surface area contributed by atoms with Crippen LogP contribution in [-0.4, -0.2) is 12.6 Å². The number of halogens is 1. The zero-order chi connectivity index (χ0) is 14.5. The Labute approximate surface area is 123 Å². The molecule has 1 fully saturated rings. The highest BCUT2D eigenvalue weighted by molar-refractivity contribution is 5.17. The average molecular weight is 277 g/mol. The van der Waals surface area contributed by atoms with Crippen molar-refractivity contribution in [2.45, 2.75) is 52.5 Å². The van der Waals surface area contributed by atoms with Crippen molar-refractivity contribution in [1.29, 1.82) is 0 Å². The first-order chi connectivity index (χ1) is 9.54. The third kappa shape index (κ3) is 4.59. The minimum Gasteiger partial charge on any atom is -0.314 e. The van der Waals surface area contributed by atoms with Crippen molar-refractivity contribution in [3.63, 3.8) is 0 Å². The van der Waals surface area contributed by atoms with Gasteiger partial charge in [0.1, 0.15) is 5.82 Å². The van der Waals surface area contributed by atoms with Crippen LogP contribution in [0.15, 0.2) is 24.3 Å². The summed E-state index contributed by atoms with van der Waals surface area (Å²) in [6.45, 7) is 7.90. The molecule has 1 saturated carbocycles. The summed E-state index contributed by atoms with van der Waals surface area (Å²) in [5.74, 6) is 2.19. The summed E-state index contributed by atoms with van der Waals surface area (Å²) in [6.07, 6.45) is 5.08. The molecular weight excluding hydrogens is 249 g/mol. The molecule has 0 radical (unpaired) electrons. The molecule has 112 valence electrons. The SMILES string of the molecule is CC1CCC(CNC(C)C)C(Cc2ccc(F)cc2)C1. The number of hydrogen-bond donors (Lipinski definition) is 1. The predicted octanol–water partition coefficient (Wildman–Crippen LogP) is 4.42. The van der Waals surface area contributed by atoms with Crippen LogP contribution in [0.4, 0.5) is 4.39 Å². The van der Waals surface area contributed by atoms with Crippen LogP contribution in [0.1, 0.15) is 45.6 Å². The lowest BCUT2D eigenvalue weighted by molar-refractivity contribution is 0.181. The molecule has 20 heavy (non-hydrogen) atoms. The number of nitrogens with one attached hydrogen (secondary N) is 1. The molecule has 1 aliphatic carbocycles. The van der Waals surface area contributed by atoms with Crippen LogP contribution in [0.2, 0.25) is 0 Å². The van der Waals surface area contributed by atoms with Gasteiger partial charge in [-0.2, -0.15) is 0 Å². The predicted molar refractivity (Wildman–Crippen MR) is 83.2 cm³/mol. The molecule has 0 amide bonds. The van der Waals surface area contributed by atoms with Gasteiger partial charge < -0.3 is 5.32 Å². The molecular formula is C18H28FN. The maximum atomic E-state index is 13.0. The van der Waals surface area contributed by atoms with E-state index in [0.29, 0.717) is 6.04 Å². The molecule has 1 aromatic carbocycles. The molecule has 1 aromatic rings. The first-order valence-electron chi connectivity index (χ1n) is 8.02. The molecule has 3 atom stereocenters. The van der Waals surface area contributed by atoms with Gasteiger partial charge in [-0.25, -0.2) is 4.39 Å². The molecule has 2 heteroatoms. The van der Waals surface area contributed by atoms with E-state index in [0.717, 1.165) is 30.7 Å². The fraction of sp³-hybridized carbons (Fsp3) is 0.667. The molecule has 0 aliphatic heterocycles. The lowest BCUT2D eigenvalue weighted by atomic mass is 9.72. The van der Waals surface area contributed by atoms with Gasteiger partial charge in [-0.3, -0.25) is 0 Å². The van der Waals surface area contributed by atoms with E-state index in [1.54, 1.807) is 12.1 Å². The summed E-state index contributed by atoms with van der Waals surface area (Å²) >= 11 is 0. The van der Waals surface area contributed by atoms with Gasteiger partial charge in [0, 0.05) is 6.04 Å². The highest BCUT2D eigenvalue weighted by Gasteiger charge is 2.28. The Kier molecular flexibility index (Phi) is 5.59. The molecule has 0 saturated heterocycles. The third-order valence-electron chi connectivity index (χ3n) is 4.60. The normalized spacial score (nSPS) is 26.9. The summed E-state index contributed by atoms with van der Waals surface area (Å²) in [4.78, 5) is 0. The summed E-state index contributed by atoms with van der Waals surface area (Å²) in [5.41, 5.74) is 1.28. The van der Waals surface area contributed by atoms with E-state index < -0.39 is 0 Å². The second kappa shape index (κ2) is 7.21. The fourth-order valence-corrected chi connectivity index (χ4v) is 3.39. The second-order valence-electron chi connectivity index (χ2n) is 6.83. The Morgan fingerprint density at radius 2 is 1.85 bits per heavy atom. The molecule has 3 unspecified atom stereocenters. The highest BCUT2D eigenvalue weighted by atomic mass is 19.1. The second-order valence-corrected chi connectivity index (χ2v) is 6.83. The molecule has 1 nitrogen and oxygen atoms in total. The van der Waals surface area contributed by atoms with Gasteiger partial charge in [-0.05, 0) is 61.3 Å². The molecule has 1 aliphatic rings. The van der Waals surface area contributed by atoms with Gasteiger partial charge in [0.05, 0.1) is 0 Å². The van der Waals surface area contributed by atoms with Gasteiger partial charge in [-0.15, -0.1) is 0 Å². The maximum absolute atomic E-state index is 13.0. The van der Waals surface area contributed by atoms with Crippen molar-refractivity contribution in [3.8, 4) is 0 Å². The van der Waals surface area contributed by atoms with Gasteiger partial charge in [0.2, 0.25) is 0 Å². The van der Waals surface area contributed by atoms with E-state index in [1.165, 1.54) is 24.8 Å². The Balaban J connectivity index is 1.98. The minimum atomic E-state index is -0.135. The third-order valence-corrected chi connectivity index (χ3v) is 4.60. The fourth-order valence-electron chi connectivity index (χ4n) is 3.39. The monoisotopic (exact) mass is 277 g/mol. The Hall–Kier alpha value is -0.890. The van der Waals surface area contributed by atoms with Crippen LogP contribution in [0, 0.1) is 23.6 Å². The largest absolute Gasteiger partial charge is 0.314 e. The van der Waals surface area contributed by atoms with Crippen LogP contribution in [-0.2, 0) is 6.42 Å². The topological polar surface area (TPSA) is 12.0 Å². The van der Waals surface area contributed by atoms with E-state index >= 15 is 0 Å². The van der Waals surface area contributed by atoms with Gasteiger partial charge in [0.25, 0.3) is 0 Å². The van der Waals surface area contributed by atoms with E-state index in [1.807, 2.05) is 12.1 Å². The summed E-state index contributed by atoms with van der Waals surface area (Å²) in [6, 6.07) is 7.62. The quantitative estimate of drug-likeness (QED) is 0.840. The van der Waals surface area contributed by atoms with Crippen molar-refractivity contribution in [2.75, 3.05) is 6.54 Å². The Bertz CT molecular complexity index is 398. The van der Waals surface area contributed by atoms with Crippen LogP contribution in [0.5, 0.6) is 0 Å². The van der Waals surface area contributed by atoms with Crippen LogP contribution >= 0.6 is 0 Å². The van der Waals surface area contributed by atoms with Crippen molar-refractivity contribution in [3.05, 3.63) is 35.6 Å². The van der Waals surface area contributed by atoms with Crippen LogP contribution in [0.25, 0.3) is 0 Å². The Morgan fingerprint density at radius 3 is 2.50 bits per heavy atom. The summed E-state index contributed by atoms with van der Waals surface area (Å²) in [7, 11) is 0. The van der Waals surface area contributed by atoms with E-state index in [-0.39, 0.29) is 5.82 Å². The zero-order valence-electron chi connectivity index (χ0n) is 13.0. The van der Waals surface area contributed by atoms with E-state index in [9.17, 15) is 4.39 Å². The lowest BCUT2D eigenvalue weighted by Crippen LogP contribution is -2.36. The first-order valence-corrected chi connectivity index (χ1v) is 8.02. The van der Waals surface area contributed by atoms with Crippen molar-refractivity contribution >= 4 is 0 Å². The highest BCUT2D eigenvalue weighted by Crippen LogP contribution is 2.35. The minimum absolute atomic E-state index is 0.135. The lowest BCUT2D eigenvalue weighted by Gasteiger charge is -2.35.